The molecule has 0 amide bonds. The molecule has 0 unspecified atom stereocenters. The molecule has 1 aromatic heterocycles. The third-order valence-electron chi connectivity index (χ3n) is 2.65. The Morgan fingerprint density at radius 2 is 2.06 bits per heavy atom. The van der Waals surface area contributed by atoms with Crippen LogP contribution in [0.2, 0.25) is 0 Å². The van der Waals surface area contributed by atoms with Crippen LogP contribution in [-0.4, -0.2) is 10.8 Å². The first-order chi connectivity index (χ1) is 8.08. The van der Waals surface area contributed by atoms with Gasteiger partial charge in [-0.2, -0.15) is 0 Å². The van der Waals surface area contributed by atoms with E-state index in [1.165, 1.54) is 19.1 Å². The van der Waals surface area contributed by atoms with E-state index in [9.17, 15) is 9.18 Å². The molecule has 0 N–H and O–H groups in total. The van der Waals surface area contributed by atoms with Crippen molar-refractivity contribution in [3.63, 3.8) is 0 Å². The van der Waals surface area contributed by atoms with Gasteiger partial charge in [-0.3, -0.25) is 9.78 Å². The van der Waals surface area contributed by atoms with Crippen molar-refractivity contribution in [2.45, 2.75) is 13.8 Å². The van der Waals surface area contributed by atoms with E-state index in [4.69, 9.17) is 0 Å². The summed E-state index contributed by atoms with van der Waals surface area (Å²) >= 11 is 0. The Labute approximate surface area is 99.1 Å². The molecule has 0 saturated heterocycles. The SMILES string of the molecule is CC(=O)c1cc(F)cc(-c2cnccc2C)c1. The first kappa shape index (κ1) is 11.5. The number of aromatic nitrogens is 1. The van der Waals surface area contributed by atoms with E-state index in [2.05, 4.69) is 4.98 Å². The molecule has 2 aromatic rings. The molecule has 17 heavy (non-hydrogen) atoms. The summed E-state index contributed by atoms with van der Waals surface area (Å²) < 4.78 is 13.4. The topological polar surface area (TPSA) is 30.0 Å². The molecule has 0 atom stereocenters. The quantitative estimate of drug-likeness (QED) is 0.739. The second-order valence-corrected chi connectivity index (χ2v) is 3.98. The van der Waals surface area contributed by atoms with Crippen molar-refractivity contribution in [2.75, 3.05) is 0 Å². The summed E-state index contributed by atoms with van der Waals surface area (Å²) in [6.45, 7) is 3.35. The van der Waals surface area contributed by atoms with E-state index in [0.717, 1.165) is 11.1 Å². The molecule has 0 spiro atoms. The van der Waals surface area contributed by atoms with Crippen LogP contribution >= 0.6 is 0 Å². The van der Waals surface area contributed by atoms with E-state index >= 15 is 0 Å². The van der Waals surface area contributed by atoms with Crippen molar-refractivity contribution in [3.8, 4) is 11.1 Å². The Morgan fingerprint density at radius 3 is 2.71 bits per heavy atom. The lowest BCUT2D eigenvalue weighted by atomic mass is 9.99. The van der Waals surface area contributed by atoms with Crippen LogP contribution in [0.3, 0.4) is 0 Å². The molecule has 0 aliphatic heterocycles. The number of aryl methyl sites for hydroxylation is 1. The summed E-state index contributed by atoms with van der Waals surface area (Å²) in [6.07, 6.45) is 3.36. The number of hydrogen-bond donors (Lipinski definition) is 0. The van der Waals surface area contributed by atoms with Crippen molar-refractivity contribution >= 4 is 5.78 Å². The predicted octanol–water partition coefficient (Wildman–Crippen LogP) is 3.40. The largest absolute Gasteiger partial charge is 0.295 e. The van der Waals surface area contributed by atoms with Gasteiger partial charge in [0.1, 0.15) is 5.82 Å². The van der Waals surface area contributed by atoms with Gasteiger partial charge < -0.3 is 0 Å². The van der Waals surface area contributed by atoms with Gasteiger partial charge in [-0.1, -0.05) is 0 Å². The van der Waals surface area contributed by atoms with Crippen LogP contribution in [0.1, 0.15) is 22.8 Å². The van der Waals surface area contributed by atoms with Gasteiger partial charge in [0.15, 0.2) is 5.78 Å². The minimum Gasteiger partial charge on any atom is -0.295 e. The fraction of sp³-hybridized carbons (Fsp3) is 0.143. The zero-order valence-corrected chi connectivity index (χ0v) is 9.70. The number of carbonyl (C=O) groups excluding carboxylic acids is 1. The number of carbonyl (C=O) groups is 1. The normalized spacial score (nSPS) is 10.3. The average molecular weight is 229 g/mol. The maximum atomic E-state index is 13.4. The highest BCUT2D eigenvalue weighted by Gasteiger charge is 2.08. The summed E-state index contributed by atoms with van der Waals surface area (Å²) in [6, 6.07) is 6.21. The van der Waals surface area contributed by atoms with Crippen LogP contribution in [0.4, 0.5) is 4.39 Å². The Balaban J connectivity index is 2.60. The Morgan fingerprint density at radius 1 is 1.29 bits per heavy atom. The standard InChI is InChI=1S/C14H12FNO/c1-9-3-4-16-8-14(9)12-5-11(10(2)17)6-13(15)7-12/h3-8H,1-2H3. The maximum absolute atomic E-state index is 13.4. The van der Waals surface area contributed by atoms with Crippen molar-refractivity contribution in [2.24, 2.45) is 0 Å². The van der Waals surface area contributed by atoms with Crippen LogP contribution in [-0.2, 0) is 0 Å². The fourth-order valence-electron chi connectivity index (χ4n) is 1.71. The summed E-state index contributed by atoms with van der Waals surface area (Å²) in [5.74, 6) is -0.553. The molecule has 0 fully saturated rings. The van der Waals surface area contributed by atoms with Gasteiger partial charge in [-0.15, -0.1) is 0 Å². The molecule has 2 nitrogen and oxygen atoms in total. The third kappa shape index (κ3) is 2.38. The lowest BCUT2D eigenvalue weighted by Gasteiger charge is -2.07. The fourth-order valence-corrected chi connectivity index (χ4v) is 1.71. The number of hydrogen-bond acceptors (Lipinski definition) is 2. The van der Waals surface area contributed by atoms with Crippen LogP contribution in [0.5, 0.6) is 0 Å². The number of pyridine rings is 1. The number of halogens is 1. The van der Waals surface area contributed by atoms with Gasteiger partial charge in [0, 0.05) is 23.5 Å². The minimum absolute atomic E-state index is 0.146. The molecule has 1 aromatic carbocycles. The maximum Gasteiger partial charge on any atom is 0.159 e. The number of Topliss-reactive ketones (excluding diaryl/α,β-unsaturated/α-hetero) is 1. The smallest absolute Gasteiger partial charge is 0.159 e. The zero-order valence-electron chi connectivity index (χ0n) is 9.70. The van der Waals surface area contributed by atoms with Crippen molar-refractivity contribution in [3.05, 3.63) is 53.6 Å². The van der Waals surface area contributed by atoms with Crippen molar-refractivity contribution in [1.29, 1.82) is 0 Å². The summed E-state index contributed by atoms with van der Waals surface area (Å²) in [4.78, 5) is 15.3. The lowest BCUT2D eigenvalue weighted by molar-refractivity contribution is 0.101. The number of ketones is 1. The average Bonchev–Trinajstić information content (AvgIpc) is 2.28. The lowest BCUT2D eigenvalue weighted by Crippen LogP contribution is -1.95. The van der Waals surface area contributed by atoms with E-state index < -0.39 is 5.82 Å². The third-order valence-corrected chi connectivity index (χ3v) is 2.65. The van der Waals surface area contributed by atoms with Crippen molar-refractivity contribution < 1.29 is 9.18 Å². The van der Waals surface area contributed by atoms with Crippen LogP contribution in [0.25, 0.3) is 11.1 Å². The van der Waals surface area contributed by atoms with Gasteiger partial charge in [-0.05, 0) is 49.2 Å². The highest BCUT2D eigenvalue weighted by atomic mass is 19.1. The molecular formula is C14H12FNO. The van der Waals surface area contributed by atoms with Crippen molar-refractivity contribution in [1.82, 2.24) is 4.98 Å². The Kier molecular flexibility index (Phi) is 3.00. The number of nitrogens with zero attached hydrogens (tertiary/aromatic N) is 1. The second kappa shape index (κ2) is 4.45. The molecule has 0 radical (unpaired) electrons. The molecular weight excluding hydrogens is 217 g/mol. The predicted molar refractivity (Wildman–Crippen MR) is 64.4 cm³/mol. The zero-order chi connectivity index (χ0) is 12.4. The van der Waals surface area contributed by atoms with Gasteiger partial charge in [0.2, 0.25) is 0 Å². The van der Waals surface area contributed by atoms with E-state index in [0.29, 0.717) is 11.1 Å². The van der Waals surface area contributed by atoms with Crippen LogP contribution in [0.15, 0.2) is 36.7 Å². The van der Waals surface area contributed by atoms with Gasteiger partial charge in [-0.25, -0.2) is 4.39 Å². The van der Waals surface area contributed by atoms with Crippen LogP contribution < -0.4 is 0 Å². The molecule has 86 valence electrons. The summed E-state index contributed by atoms with van der Waals surface area (Å²) in [5.41, 5.74) is 2.90. The minimum atomic E-state index is -0.407. The Bertz CT molecular complexity index is 578. The molecule has 1 heterocycles. The van der Waals surface area contributed by atoms with Crippen LogP contribution in [0, 0.1) is 12.7 Å². The van der Waals surface area contributed by atoms with E-state index in [-0.39, 0.29) is 5.78 Å². The monoisotopic (exact) mass is 229 g/mol. The van der Waals surface area contributed by atoms with Gasteiger partial charge in [0.25, 0.3) is 0 Å². The van der Waals surface area contributed by atoms with Gasteiger partial charge >= 0.3 is 0 Å². The first-order valence-electron chi connectivity index (χ1n) is 5.30. The number of rotatable bonds is 2. The van der Waals surface area contributed by atoms with E-state index in [1.807, 2.05) is 13.0 Å². The Hall–Kier alpha value is -2.03. The molecule has 0 aliphatic carbocycles. The first-order valence-corrected chi connectivity index (χ1v) is 5.30. The highest BCUT2D eigenvalue weighted by Crippen LogP contribution is 2.24. The molecule has 2 rings (SSSR count). The molecule has 0 saturated carbocycles. The molecule has 3 heteroatoms. The second-order valence-electron chi connectivity index (χ2n) is 3.98. The molecule has 0 bridgehead atoms. The summed E-state index contributed by atoms with van der Waals surface area (Å²) in [5, 5.41) is 0. The highest BCUT2D eigenvalue weighted by molar-refractivity contribution is 5.95. The van der Waals surface area contributed by atoms with Gasteiger partial charge in [0.05, 0.1) is 0 Å². The summed E-state index contributed by atoms with van der Waals surface area (Å²) in [7, 11) is 0. The molecule has 0 aliphatic rings. The number of benzene rings is 1. The van der Waals surface area contributed by atoms with E-state index in [1.54, 1.807) is 18.5 Å².